The molecule has 0 bridgehead atoms. The van der Waals surface area contributed by atoms with Crippen LogP contribution in [0.3, 0.4) is 0 Å². The number of hydrogen-bond acceptors (Lipinski definition) is 3. The van der Waals surface area contributed by atoms with Gasteiger partial charge in [0.25, 0.3) is 0 Å². The Morgan fingerprint density at radius 3 is 2.50 bits per heavy atom. The van der Waals surface area contributed by atoms with Gasteiger partial charge in [-0.1, -0.05) is 41.4 Å². The minimum Gasteiger partial charge on any atom is -0.368 e. The van der Waals surface area contributed by atoms with Crippen molar-refractivity contribution in [2.45, 2.75) is 0 Å². The number of anilines is 1. The van der Waals surface area contributed by atoms with Crippen molar-refractivity contribution in [1.29, 1.82) is 0 Å². The average molecular weight is 358 g/mol. The molecule has 5 heteroatoms. The van der Waals surface area contributed by atoms with E-state index in [1.807, 2.05) is 36.5 Å². The highest BCUT2D eigenvalue weighted by Crippen LogP contribution is 2.38. The highest BCUT2D eigenvalue weighted by molar-refractivity contribution is 6.37. The van der Waals surface area contributed by atoms with Crippen LogP contribution >= 0.6 is 23.2 Å². The quantitative estimate of drug-likeness (QED) is 0.725. The Hall–Kier alpha value is -1.81. The van der Waals surface area contributed by atoms with Crippen molar-refractivity contribution in [2.24, 2.45) is 0 Å². The van der Waals surface area contributed by atoms with E-state index in [0.29, 0.717) is 10.0 Å². The second kappa shape index (κ2) is 6.60. The lowest BCUT2D eigenvalue weighted by Crippen LogP contribution is -2.43. The van der Waals surface area contributed by atoms with Crippen molar-refractivity contribution in [3.63, 3.8) is 0 Å². The van der Waals surface area contributed by atoms with Crippen LogP contribution in [0, 0.1) is 0 Å². The molecule has 1 aliphatic rings. The first kappa shape index (κ1) is 15.7. The number of aromatic nitrogens is 1. The van der Waals surface area contributed by atoms with Crippen LogP contribution in [0.1, 0.15) is 0 Å². The monoisotopic (exact) mass is 357 g/mol. The van der Waals surface area contributed by atoms with E-state index >= 15 is 0 Å². The van der Waals surface area contributed by atoms with Gasteiger partial charge in [0.05, 0.1) is 10.5 Å². The zero-order valence-corrected chi connectivity index (χ0v) is 14.6. The zero-order valence-electron chi connectivity index (χ0n) is 13.1. The first-order valence-electron chi connectivity index (χ1n) is 8.03. The van der Waals surface area contributed by atoms with Crippen LogP contribution < -0.4 is 10.2 Å². The van der Waals surface area contributed by atoms with Gasteiger partial charge >= 0.3 is 0 Å². The molecule has 0 atom stereocenters. The van der Waals surface area contributed by atoms with Crippen LogP contribution in [-0.4, -0.2) is 31.2 Å². The van der Waals surface area contributed by atoms with Crippen LogP contribution in [0.5, 0.6) is 0 Å². The molecule has 1 fully saturated rings. The van der Waals surface area contributed by atoms with Gasteiger partial charge in [0.2, 0.25) is 0 Å². The first-order valence-corrected chi connectivity index (χ1v) is 8.78. The number of fused-ring (bicyclic) bond motifs is 1. The van der Waals surface area contributed by atoms with Gasteiger partial charge in [0, 0.05) is 59.6 Å². The summed E-state index contributed by atoms with van der Waals surface area (Å²) in [6, 6.07) is 13.9. The second-order valence-electron chi connectivity index (χ2n) is 5.90. The molecule has 122 valence electrons. The molecule has 0 spiro atoms. The Labute approximate surface area is 151 Å². The van der Waals surface area contributed by atoms with Gasteiger partial charge in [0.15, 0.2) is 0 Å². The normalized spacial score (nSPS) is 15.0. The Kier molecular flexibility index (Phi) is 4.31. The fraction of sp³-hybridized carbons (Fsp3) is 0.211. The molecule has 0 amide bonds. The summed E-state index contributed by atoms with van der Waals surface area (Å²) < 4.78 is 0. The van der Waals surface area contributed by atoms with Crippen LogP contribution in [0.4, 0.5) is 5.69 Å². The number of rotatable bonds is 2. The molecule has 0 radical (unpaired) electrons. The summed E-state index contributed by atoms with van der Waals surface area (Å²) in [6.45, 7) is 3.97. The fourth-order valence-corrected chi connectivity index (χ4v) is 3.72. The molecule has 0 aliphatic carbocycles. The van der Waals surface area contributed by atoms with Crippen molar-refractivity contribution in [2.75, 3.05) is 31.1 Å². The predicted molar refractivity (Wildman–Crippen MR) is 102 cm³/mol. The predicted octanol–water partition coefficient (Wildman–Crippen LogP) is 4.62. The minimum absolute atomic E-state index is 0.667. The van der Waals surface area contributed by atoms with E-state index in [9.17, 15) is 0 Å². The van der Waals surface area contributed by atoms with E-state index in [-0.39, 0.29) is 0 Å². The second-order valence-corrected chi connectivity index (χ2v) is 6.71. The largest absolute Gasteiger partial charge is 0.368 e. The molecule has 3 aromatic rings. The molecule has 1 aliphatic heterocycles. The Morgan fingerprint density at radius 2 is 1.71 bits per heavy atom. The number of pyridine rings is 1. The number of nitrogens with one attached hydrogen (secondary N) is 1. The smallest absolute Gasteiger partial charge is 0.0738 e. The van der Waals surface area contributed by atoms with Crippen molar-refractivity contribution in [3.8, 4) is 11.1 Å². The highest BCUT2D eigenvalue weighted by atomic mass is 35.5. The fourth-order valence-electron chi connectivity index (χ4n) is 3.22. The summed E-state index contributed by atoms with van der Waals surface area (Å²) in [4.78, 5) is 6.89. The lowest BCUT2D eigenvalue weighted by atomic mass is 10.0. The minimum atomic E-state index is 0.667. The SMILES string of the molecule is Clc1ccccc1-c1cc2c(N3CCNCC3)ccnc2cc1Cl. The molecule has 1 saturated heterocycles. The molecule has 3 nitrogen and oxygen atoms in total. The van der Waals surface area contributed by atoms with Gasteiger partial charge in [-0.15, -0.1) is 0 Å². The molecule has 2 aromatic carbocycles. The molecule has 0 saturated carbocycles. The van der Waals surface area contributed by atoms with Gasteiger partial charge in [-0.3, -0.25) is 4.98 Å². The third-order valence-corrected chi connectivity index (χ3v) is 5.07. The molecule has 2 heterocycles. The van der Waals surface area contributed by atoms with Crippen LogP contribution in [-0.2, 0) is 0 Å². The van der Waals surface area contributed by atoms with Crippen molar-refractivity contribution >= 4 is 39.8 Å². The van der Waals surface area contributed by atoms with E-state index in [1.165, 1.54) is 5.69 Å². The molecule has 1 aromatic heterocycles. The van der Waals surface area contributed by atoms with E-state index in [2.05, 4.69) is 27.3 Å². The van der Waals surface area contributed by atoms with Gasteiger partial charge in [-0.25, -0.2) is 0 Å². The van der Waals surface area contributed by atoms with Crippen molar-refractivity contribution in [3.05, 3.63) is 58.7 Å². The summed E-state index contributed by atoms with van der Waals surface area (Å²) in [5, 5.41) is 5.87. The maximum atomic E-state index is 6.53. The Bertz CT molecular complexity index is 889. The van der Waals surface area contributed by atoms with Gasteiger partial charge < -0.3 is 10.2 Å². The number of benzene rings is 2. The number of nitrogens with zero attached hydrogens (tertiary/aromatic N) is 2. The highest BCUT2D eigenvalue weighted by Gasteiger charge is 2.16. The molecule has 0 unspecified atom stereocenters. The number of piperazine rings is 1. The maximum Gasteiger partial charge on any atom is 0.0738 e. The summed E-state index contributed by atoms with van der Waals surface area (Å²) in [6.07, 6.45) is 1.85. The summed E-state index contributed by atoms with van der Waals surface area (Å²) in [5.74, 6) is 0. The maximum absolute atomic E-state index is 6.53. The number of hydrogen-bond donors (Lipinski definition) is 1. The number of halogens is 2. The van der Waals surface area contributed by atoms with Gasteiger partial charge in [0.1, 0.15) is 0 Å². The molecular weight excluding hydrogens is 341 g/mol. The third kappa shape index (κ3) is 2.84. The molecular formula is C19H17Cl2N3. The van der Waals surface area contributed by atoms with Crippen molar-refractivity contribution < 1.29 is 0 Å². The summed E-state index contributed by atoms with van der Waals surface area (Å²) in [5.41, 5.74) is 4.00. The van der Waals surface area contributed by atoms with Crippen LogP contribution in [0.2, 0.25) is 10.0 Å². The van der Waals surface area contributed by atoms with E-state index in [1.54, 1.807) is 0 Å². The molecule has 24 heavy (non-hydrogen) atoms. The van der Waals surface area contributed by atoms with E-state index in [0.717, 1.165) is 48.2 Å². The summed E-state index contributed by atoms with van der Waals surface area (Å²) >= 11 is 12.9. The molecule has 1 N–H and O–H groups in total. The van der Waals surface area contributed by atoms with Crippen LogP contribution in [0.15, 0.2) is 48.7 Å². The lowest BCUT2D eigenvalue weighted by molar-refractivity contribution is 0.590. The van der Waals surface area contributed by atoms with Gasteiger partial charge in [-0.2, -0.15) is 0 Å². The van der Waals surface area contributed by atoms with E-state index in [4.69, 9.17) is 23.2 Å². The Balaban J connectivity index is 1.90. The zero-order chi connectivity index (χ0) is 16.5. The topological polar surface area (TPSA) is 28.2 Å². The third-order valence-electron chi connectivity index (χ3n) is 4.43. The standard InChI is InChI=1S/C19H17Cl2N3/c20-16-4-2-1-3-13(16)14-11-15-18(12-17(14)21)23-6-5-19(15)24-9-7-22-8-10-24/h1-6,11-12,22H,7-10H2. The van der Waals surface area contributed by atoms with Crippen molar-refractivity contribution in [1.82, 2.24) is 10.3 Å². The molecule has 4 rings (SSSR count). The first-order chi connectivity index (χ1) is 11.7. The van der Waals surface area contributed by atoms with Gasteiger partial charge in [-0.05, 0) is 24.3 Å². The Morgan fingerprint density at radius 1 is 0.917 bits per heavy atom. The average Bonchev–Trinajstić information content (AvgIpc) is 2.62. The van der Waals surface area contributed by atoms with E-state index < -0.39 is 0 Å². The lowest BCUT2D eigenvalue weighted by Gasteiger charge is -2.30. The summed E-state index contributed by atoms with van der Waals surface area (Å²) in [7, 11) is 0. The van der Waals surface area contributed by atoms with Crippen LogP contribution in [0.25, 0.3) is 22.0 Å².